The van der Waals surface area contributed by atoms with Crippen LogP contribution in [0.3, 0.4) is 0 Å². The molecule has 6 nitrogen and oxygen atoms in total. The second-order valence-corrected chi connectivity index (χ2v) is 4.26. The van der Waals surface area contributed by atoms with Crippen LogP contribution in [-0.2, 0) is 4.74 Å². The van der Waals surface area contributed by atoms with Gasteiger partial charge in [-0.2, -0.15) is 4.98 Å². The van der Waals surface area contributed by atoms with Crippen molar-refractivity contribution in [2.24, 2.45) is 5.84 Å². The normalized spacial score (nSPS) is 12.4. The van der Waals surface area contributed by atoms with Gasteiger partial charge in [-0.05, 0) is 18.6 Å². The van der Waals surface area contributed by atoms with Crippen molar-refractivity contribution in [2.45, 2.75) is 19.4 Å². The van der Waals surface area contributed by atoms with Crippen molar-refractivity contribution < 1.29 is 4.74 Å². The number of rotatable bonds is 6. The topological polar surface area (TPSA) is 85.1 Å². The zero-order valence-electron chi connectivity index (χ0n) is 11.2. The van der Waals surface area contributed by atoms with Crippen LogP contribution in [0.15, 0.2) is 24.3 Å². The van der Waals surface area contributed by atoms with Gasteiger partial charge in [0.25, 0.3) is 0 Å². The average molecular weight is 261 g/mol. The molecule has 0 bridgehead atoms. The minimum atomic E-state index is 0.203. The third kappa shape index (κ3) is 3.10. The number of hydrogen-bond acceptors (Lipinski definition) is 6. The Balaban J connectivity index is 2.39. The number of hydrazine groups is 1. The molecule has 2 aromatic rings. The molecule has 0 saturated carbocycles. The molecule has 1 heterocycles. The fourth-order valence-corrected chi connectivity index (χ4v) is 1.91. The summed E-state index contributed by atoms with van der Waals surface area (Å²) in [6.07, 6.45) is 0.942. The molecule has 1 unspecified atom stereocenters. The van der Waals surface area contributed by atoms with E-state index in [1.807, 2.05) is 24.3 Å². The van der Waals surface area contributed by atoms with Gasteiger partial charge < -0.3 is 10.1 Å². The molecular weight excluding hydrogens is 242 g/mol. The van der Waals surface area contributed by atoms with E-state index in [2.05, 4.69) is 27.6 Å². The van der Waals surface area contributed by atoms with Crippen LogP contribution >= 0.6 is 0 Å². The molecule has 0 amide bonds. The van der Waals surface area contributed by atoms with Crippen LogP contribution in [0, 0.1) is 0 Å². The Labute approximate surface area is 112 Å². The molecule has 4 N–H and O–H groups in total. The van der Waals surface area contributed by atoms with Gasteiger partial charge in [-0.25, -0.2) is 10.8 Å². The molecule has 1 aromatic heterocycles. The van der Waals surface area contributed by atoms with Crippen LogP contribution < -0.4 is 16.6 Å². The number of hydrogen-bond donors (Lipinski definition) is 3. The molecule has 0 radical (unpaired) electrons. The standard InChI is InChI=1S/C13H19N5O/c1-3-9(8-19-2)15-12-10-6-4-5-7-11(10)16-13(17-12)18-14/h4-7,9H,3,8,14H2,1-2H3,(H2,15,16,17,18). The van der Waals surface area contributed by atoms with E-state index in [4.69, 9.17) is 10.6 Å². The summed E-state index contributed by atoms with van der Waals surface area (Å²) in [5.74, 6) is 6.57. The Morgan fingerprint density at radius 1 is 1.32 bits per heavy atom. The van der Waals surface area contributed by atoms with Gasteiger partial charge >= 0.3 is 0 Å². The Bertz CT molecular complexity index is 546. The van der Waals surface area contributed by atoms with Crippen LogP contribution in [0.5, 0.6) is 0 Å². The lowest BCUT2D eigenvalue weighted by atomic mass is 10.2. The number of ether oxygens (including phenoxy) is 1. The minimum Gasteiger partial charge on any atom is -0.383 e. The molecule has 0 fully saturated rings. The van der Waals surface area contributed by atoms with E-state index < -0.39 is 0 Å². The van der Waals surface area contributed by atoms with E-state index in [-0.39, 0.29) is 6.04 Å². The van der Waals surface area contributed by atoms with E-state index in [0.717, 1.165) is 23.1 Å². The first-order valence-electron chi connectivity index (χ1n) is 6.27. The van der Waals surface area contributed by atoms with Gasteiger partial charge in [0, 0.05) is 12.5 Å². The molecule has 6 heteroatoms. The first-order chi connectivity index (χ1) is 9.28. The van der Waals surface area contributed by atoms with Crippen molar-refractivity contribution >= 4 is 22.7 Å². The van der Waals surface area contributed by atoms with Crippen LogP contribution in [0.2, 0.25) is 0 Å². The van der Waals surface area contributed by atoms with E-state index >= 15 is 0 Å². The van der Waals surface area contributed by atoms with Gasteiger partial charge in [0.05, 0.1) is 18.2 Å². The third-order valence-electron chi connectivity index (χ3n) is 2.93. The van der Waals surface area contributed by atoms with Crippen molar-refractivity contribution in [1.29, 1.82) is 0 Å². The fourth-order valence-electron chi connectivity index (χ4n) is 1.91. The van der Waals surface area contributed by atoms with Crippen molar-refractivity contribution in [3.63, 3.8) is 0 Å². The third-order valence-corrected chi connectivity index (χ3v) is 2.93. The molecule has 0 aliphatic heterocycles. The van der Waals surface area contributed by atoms with Gasteiger partial charge in [0.1, 0.15) is 5.82 Å². The molecule has 0 aliphatic rings. The number of nitrogens with zero attached hydrogens (tertiary/aromatic N) is 2. The van der Waals surface area contributed by atoms with E-state index in [0.29, 0.717) is 12.6 Å². The molecule has 2 rings (SSSR count). The SMILES string of the molecule is CCC(COC)Nc1nc(NN)nc2ccccc12. The van der Waals surface area contributed by atoms with Gasteiger partial charge in [0.15, 0.2) is 0 Å². The Kier molecular flexibility index (Phi) is 4.48. The number of fused-ring (bicyclic) bond motifs is 1. The zero-order chi connectivity index (χ0) is 13.7. The first kappa shape index (κ1) is 13.5. The summed E-state index contributed by atoms with van der Waals surface area (Å²) in [4.78, 5) is 8.69. The van der Waals surface area contributed by atoms with Gasteiger partial charge in [-0.3, -0.25) is 5.43 Å². The van der Waals surface area contributed by atoms with Crippen molar-refractivity contribution in [2.75, 3.05) is 24.5 Å². The summed E-state index contributed by atoms with van der Waals surface area (Å²) >= 11 is 0. The summed E-state index contributed by atoms with van der Waals surface area (Å²) in [5, 5.41) is 4.34. The number of para-hydroxylation sites is 1. The van der Waals surface area contributed by atoms with Crippen molar-refractivity contribution in [3.05, 3.63) is 24.3 Å². The highest BCUT2D eigenvalue weighted by atomic mass is 16.5. The second kappa shape index (κ2) is 6.31. The predicted molar refractivity (Wildman–Crippen MR) is 76.9 cm³/mol. The molecule has 1 aromatic carbocycles. The fraction of sp³-hybridized carbons (Fsp3) is 0.385. The van der Waals surface area contributed by atoms with Crippen LogP contribution in [0.1, 0.15) is 13.3 Å². The lowest BCUT2D eigenvalue weighted by Crippen LogP contribution is -2.25. The molecule has 102 valence electrons. The van der Waals surface area contributed by atoms with E-state index in [1.165, 1.54) is 0 Å². The molecule has 19 heavy (non-hydrogen) atoms. The number of benzene rings is 1. The van der Waals surface area contributed by atoms with Crippen LogP contribution in [-0.4, -0.2) is 29.7 Å². The minimum absolute atomic E-state index is 0.203. The van der Waals surface area contributed by atoms with Crippen molar-refractivity contribution in [3.8, 4) is 0 Å². The Morgan fingerprint density at radius 3 is 2.79 bits per heavy atom. The summed E-state index contributed by atoms with van der Waals surface area (Å²) in [5.41, 5.74) is 3.34. The molecule has 0 aliphatic carbocycles. The Hall–Kier alpha value is -1.92. The van der Waals surface area contributed by atoms with Gasteiger partial charge in [-0.15, -0.1) is 0 Å². The predicted octanol–water partition coefficient (Wildman–Crippen LogP) is 1.75. The number of nitrogen functional groups attached to an aromatic ring is 1. The molecule has 1 atom stereocenters. The Morgan fingerprint density at radius 2 is 2.11 bits per heavy atom. The number of aromatic nitrogens is 2. The van der Waals surface area contributed by atoms with Gasteiger partial charge in [-0.1, -0.05) is 19.1 Å². The lowest BCUT2D eigenvalue weighted by Gasteiger charge is -2.18. The van der Waals surface area contributed by atoms with Crippen LogP contribution in [0.4, 0.5) is 11.8 Å². The van der Waals surface area contributed by atoms with Crippen molar-refractivity contribution in [1.82, 2.24) is 9.97 Å². The molecule has 0 spiro atoms. The van der Waals surface area contributed by atoms with Crippen LogP contribution in [0.25, 0.3) is 10.9 Å². The quantitative estimate of drug-likeness (QED) is 0.542. The first-order valence-corrected chi connectivity index (χ1v) is 6.27. The summed E-state index contributed by atoms with van der Waals surface area (Å²) < 4.78 is 5.19. The zero-order valence-corrected chi connectivity index (χ0v) is 11.2. The van der Waals surface area contributed by atoms with E-state index in [9.17, 15) is 0 Å². The monoisotopic (exact) mass is 261 g/mol. The number of anilines is 2. The average Bonchev–Trinajstić information content (AvgIpc) is 2.46. The highest BCUT2D eigenvalue weighted by molar-refractivity contribution is 5.90. The highest BCUT2D eigenvalue weighted by Gasteiger charge is 2.11. The number of nitrogens with two attached hydrogens (primary N) is 1. The maximum Gasteiger partial charge on any atom is 0.239 e. The lowest BCUT2D eigenvalue weighted by molar-refractivity contribution is 0.184. The molecular formula is C13H19N5O. The smallest absolute Gasteiger partial charge is 0.239 e. The summed E-state index contributed by atoms with van der Waals surface area (Å²) in [6, 6.07) is 8.02. The van der Waals surface area contributed by atoms with Gasteiger partial charge in [0.2, 0.25) is 5.95 Å². The maximum atomic E-state index is 5.40. The second-order valence-electron chi connectivity index (χ2n) is 4.26. The largest absolute Gasteiger partial charge is 0.383 e. The van der Waals surface area contributed by atoms with E-state index in [1.54, 1.807) is 7.11 Å². The maximum absolute atomic E-state index is 5.40. The summed E-state index contributed by atoms with van der Waals surface area (Å²) in [6.45, 7) is 2.72. The highest BCUT2D eigenvalue weighted by Crippen LogP contribution is 2.22. The number of nitrogens with one attached hydrogen (secondary N) is 2. The number of methoxy groups -OCH3 is 1. The molecule has 0 saturated heterocycles. The summed E-state index contributed by atoms with van der Waals surface area (Å²) in [7, 11) is 1.69.